The number of carbonyl (C=O) groups excluding carboxylic acids is 1. The Balaban J connectivity index is 3.46. The molecule has 0 saturated heterocycles. The Morgan fingerprint density at radius 2 is 1.89 bits per heavy atom. The van der Waals surface area contributed by atoms with E-state index in [0.717, 1.165) is 0 Å². The highest BCUT2D eigenvalue weighted by molar-refractivity contribution is 8.13. The predicted octanol–water partition coefficient (Wildman–Crippen LogP) is 2.24. The minimum atomic E-state index is -3.94. The Kier molecular flexibility index (Phi) is 4.92. The maximum Gasteiger partial charge on any atom is 0.261 e. The standard InChI is InChI=1S/C12H15ClFNO3S/c1-7-6-8(2)11(19(13,17)18)9(3)10(7)12(16)15-5-4-14/h6H,4-5H2,1-3H3,(H,15,16). The maximum atomic E-state index is 12.1. The summed E-state index contributed by atoms with van der Waals surface area (Å²) in [6, 6.07) is 1.58. The molecule has 7 heteroatoms. The molecule has 1 amide bonds. The summed E-state index contributed by atoms with van der Waals surface area (Å²) in [5, 5.41) is 2.38. The van der Waals surface area contributed by atoms with Crippen LogP contribution in [0.4, 0.5) is 4.39 Å². The van der Waals surface area contributed by atoms with Crippen LogP contribution in [-0.4, -0.2) is 27.5 Å². The van der Waals surface area contributed by atoms with Crippen molar-refractivity contribution in [1.82, 2.24) is 5.32 Å². The predicted molar refractivity (Wildman–Crippen MR) is 72.0 cm³/mol. The lowest BCUT2D eigenvalue weighted by Crippen LogP contribution is -2.27. The Labute approximate surface area is 116 Å². The number of halogens is 2. The average molecular weight is 308 g/mol. The van der Waals surface area contributed by atoms with Crippen LogP contribution in [0.3, 0.4) is 0 Å². The van der Waals surface area contributed by atoms with Crippen LogP contribution in [0.15, 0.2) is 11.0 Å². The first-order chi connectivity index (χ1) is 8.70. The Morgan fingerprint density at radius 3 is 2.37 bits per heavy atom. The second-order valence-electron chi connectivity index (χ2n) is 4.22. The number of aryl methyl sites for hydroxylation is 2. The fourth-order valence-electron chi connectivity index (χ4n) is 2.14. The van der Waals surface area contributed by atoms with Gasteiger partial charge in [0.2, 0.25) is 0 Å². The molecule has 106 valence electrons. The van der Waals surface area contributed by atoms with Gasteiger partial charge in [-0.1, -0.05) is 6.07 Å². The van der Waals surface area contributed by atoms with Crippen molar-refractivity contribution < 1.29 is 17.6 Å². The lowest BCUT2D eigenvalue weighted by Gasteiger charge is -2.15. The minimum Gasteiger partial charge on any atom is -0.349 e. The van der Waals surface area contributed by atoms with E-state index in [4.69, 9.17) is 10.7 Å². The fourth-order valence-corrected chi connectivity index (χ4v) is 3.76. The molecule has 1 aromatic carbocycles. The van der Waals surface area contributed by atoms with E-state index in [1.165, 1.54) is 6.92 Å². The number of carbonyl (C=O) groups is 1. The van der Waals surface area contributed by atoms with Crippen LogP contribution in [-0.2, 0) is 9.05 Å². The molecule has 4 nitrogen and oxygen atoms in total. The molecule has 0 aliphatic carbocycles. The molecule has 0 atom stereocenters. The van der Waals surface area contributed by atoms with Crippen molar-refractivity contribution in [2.24, 2.45) is 0 Å². The van der Waals surface area contributed by atoms with Crippen molar-refractivity contribution in [2.75, 3.05) is 13.2 Å². The number of alkyl halides is 1. The molecule has 1 N–H and O–H groups in total. The van der Waals surface area contributed by atoms with Crippen molar-refractivity contribution in [3.05, 3.63) is 28.3 Å². The number of benzene rings is 1. The molecule has 0 aliphatic rings. The third-order valence-corrected chi connectivity index (χ3v) is 4.33. The molecule has 0 fully saturated rings. The quantitative estimate of drug-likeness (QED) is 0.868. The van der Waals surface area contributed by atoms with E-state index in [1.807, 2.05) is 0 Å². The highest BCUT2D eigenvalue weighted by atomic mass is 35.7. The van der Waals surface area contributed by atoms with Gasteiger partial charge in [-0.3, -0.25) is 4.79 Å². The van der Waals surface area contributed by atoms with Crippen molar-refractivity contribution in [3.8, 4) is 0 Å². The van der Waals surface area contributed by atoms with Crippen LogP contribution in [0.2, 0.25) is 0 Å². The Bertz CT molecular complexity index is 614. The molecule has 0 spiro atoms. The number of hydrogen-bond acceptors (Lipinski definition) is 3. The summed E-state index contributed by atoms with van der Waals surface area (Å²) in [4.78, 5) is 11.9. The zero-order valence-electron chi connectivity index (χ0n) is 10.9. The van der Waals surface area contributed by atoms with Crippen molar-refractivity contribution >= 4 is 25.6 Å². The molecule has 0 unspecified atom stereocenters. The molecule has 0 radical (unpaired) electrons. The lowest BCUT2D eigenvalue weighted by atomic mass is 9.99. The summed E-state index contributed by atoms with van der Waals surface area (Å²) >= 11 is 0. The summed E-state index contributed by atoms with van der Waals surface area (Å²) in [7, 11) is 1.44. The third-order valence-electron chi connectivity index (χ3n) is 2.75. The van der Waals surface area contributed by atoms with Crippen molar-refractivity contribution in [1.29, 1.82) is 0 Å². The van der Waals surface area contributed by atoms with Gasteiger partial charge in [-0.15, -0.1) is 0 Å². The molecule has 1 aromatic rings. The topological polar surface area (TPSA) is 63.2 Å². The molecule has 0 aromatic heterocycles. The Morgan fingerprint density at radius 1 is 1.32 bits per heavy atom. The van der Waals surface area contributed by atoms with E-state index < -0.39 is 21.6 Å². The van der Waals surface area contributed by atoms with Crippen LogP contribution < -0.4 is 5.32 Å². The van der Waals surface area contributed by atoms with Gasteiger partial charge in [-0.25, -0.2) is 12.8 Å². The highest BCUT2D eigenvalue weighted by Crippen LogP contribution is 2.28. The summed E-state index contributed by atoms with van der Waals surface area (Å²) < 4.78 is 35.2. The summed E-state index contributed by atoms with van der Waals surface area (Å²) in [6.07, 6.45) is 0. The van der Waals surface area contributed by atoms with E-state index in [-0.39, 0.29) is 22.6 Å². The van der Waals surface area contributed by atoms with Gasteiger partial charge >= 0.3 is 0 Å². The Hall–Kier alpha value is -1.14. The average Bonchev–Trinajstić information content (AvgIpc) is 2.23. The van der Waals surface area contributed by atoms with Gasteiger partial charge in [-0.2, -0.15) is 0 Å². The first kappa shape index (κ1) is 15.9. The van der Waals surface area contributed by atoms with Crippen molar-refractivity contribution in [2.45, 2.75) is 25.7 Å². The van der Waals surface area contributed by atoms with Crippen LogP contribution in [0.5, 0.6) is 0 Å². The fraction of sp³-hybridized carbons (Fsp3) is 0.417. The van der Waals surface area contributed by atoms with Gasteiger partial charge in [0.15, 0.2) is 0 Å². The normalized spacial score (nSPS) is 11.4. The molecular formula is C12H15ClFNO3S. The molecular weight excluding hydrogens is 293 g/mol. The van der Waals surface area contributed by atoms with Gasteiger partial charge < -0.3 is 5.32 Å². The first-order valence-electron chi connectivity index (χ1n) is 5.59. The SMILES string of the molecule is Cc1cc(C)c(S(=O)(=O)Cl)c(C)c1C(=O)NCCF. The smallest absolute Gasteiger partial charge is 0.261 e. The molecule has 1 rings (SSSR count). The molecule has 0 aliphatic heterocycles. The number of amides is 1. The first-order valence-corrected chi connectivity index (χ1v) is 7.90. The van der Waals surface area contributed by atoms with E-state index in [2.05, 4.69) is 5.32 Å². The van der Waals surface area contributed by atoms with Crippen LogP contribution in [0.25, 0.3) is 0 Å². The zero-order valence-corrected chi connectivity index (χ0v) is 12.5. The summed E-state index contributed by atoms with van der Waals surface area (Å²) in [5.74, 6) is -0.505. The molecule has 0 saturated carbocycles. The number of hydrogen-bond donors (Lipinski definition) is 1. The van der Waals surface area contributed by atoms with Crippen molar-refractivity contribution in [3.63, 3.8) is 0 Å². The molecule has 0 heterocycles. The van der Waals surface area contributed by atoms with Gasteiger partial charge in [0.05, 0.1) is 4.90 Å². The second kappa shape index (κ2) is 5.88. The van der Waals surface area contributed by atoms with Gasteiger partial charge in [0, 0.05) is 22.8 Å². The largest absolute Gasteiger partial charge is 0.349 e. The number of rotatable bonds is 4. The van der Waals surface area contributed by atoms with Crippen LogP contribution in [0, 0.1) is 20.8 Å². The maximum absolute atomic E-state index is 12.1. The minimum absolute atomic E-state index is 0.0647. The highest BCUT2D eigenvalue weighted by Gasteiger charge is 2.23. The van der Waals surface area contributed by atoms with Gasteiger partial charge in [0.25, 0.3) is 15.0 Å². The van der Waals surface area contributed by atoms with E-state index in [0.29, 0.717) is 11.1 Å². The second-order valence-corrected chi connectivity index (χ2v) is 6.73. The monoisotopic (exact) mass is 307 g/mol. The van der Waals surface area contributed by atoms with Gasteiger partial charge in [-0.05, 0) is 37.5 Å². The van der Waals surface area contributed by atoms with Gasteiger partial charge in [0.1, 0.15) is 6.67 Å². The third kappa shape index (κ3) is 3.45. The van der Waals surface area contributed by atoms with Crippen LogP contribution >= 0.6 is 10.7 Å². The van der Waals surface area contributed by atoms with E-state index in [9.17, 15) is 17.6 Å². The van der Waals surface area contributed by atoms with Crippen LogP contribution in [0.1, 0.15) is 27.0 Å². The number of nitrogens with one attached hydrogen (secondary N) is 1. The summed E-state index contributed by atoms with van der Waals surface area (Å²) in [5.41, 5.74) is 1.60. The van der Waals surface area contributed by atoms with E-state index in [1.54, 1.807) is 19.9 Å². The summed E-state index contributed by atoms with van der Waals surface area (Å²) in [6.45, 7) is 4.01. The molecule has 0 bridgehead atoms. The lowest BCUT2D eigenvalue weighted by molar-refractivity contribution is 0.0949. The molecule has 19 heavy (non-hydrogen) atoms. The van der Waals surface area contributed by atoms with E-state index >= 15 is 0 Å². The zero-order chi connectivity index (χ0) is 14.8.